The standard InChI is InChI=1S/C13H23N3O3/c1-13(2,3)19-12(17)15-10-8-14-16-6-5-9(18-4)7-11(10)16/h9,14H,5-8H2,1-4H3,(H,15,17). The van der Waals surface area contributed by atoms with E-state index in [1.54, 1.807) is 7.11 Å². The molecule has 19 heavy (non-hydrogen) atoms. The molecule has 2 heterocycles. The van der Waals surface area contributed by atoms with Crippen molar-refractivity contribution in [3.63, 3.8) is 0 Å². The predicted octanol–water partition coefficient (Wildman–Crippen LogP) is 1.35. The lowest BCUT2D eigenvalue weighted by molar-refractivity contribution is 0.0520. The van der Waals surface area contributed by atoms with Crippen molar-refractivity contribution in [2.75, 3.05) is 20.2 Å². The Morgan fingerprint density at radius 1 is 1.47 bits per heavy atom. The average Bonchev–Trinajstić information content (AvgIpc) is 2.69. The number of nitrogens with one attached hydrogen (secondary N) is 2. The van der Waals surface area contributed by atoms with Crippen LogP contribution < -0.4 is 10.7 Å². The van der Waals surface area contributed by atoms with Crippen LogP contribution in [0.15, 0.2) is 11.4 Å². The minimum absolute atomic E-state index is 0.224. The zero-order valence-electron chi connectivity index (χ0n) is 12.1. The van der Waals surface area contributed by atoms with E-state index in [1.165, 1.54) is 0 Å². The van der Waals surface area contributed by atoms with E-state index in [1.807, 2.05) is 20.8 Å². The van der Waals surface area contributed by atoms with Gasteiger partial charge in [-0.25, -0.2) is 10.2 Å². The molecule has 6 nitrogen and oxygen atoms in total. The number of alkyl carbamates (subject to hydrolysis) is 1. The van der Waals surface area contributed by atoms with Gasteiger partial charge in [0, 0.05) is 20.1 Å². The largest absolute Gasteiger partial charge is 0.444 e. The molecule has 2 aliphatic rings. The molecule has 0 aromatic carbocycles. The fourth-order valence-corrected chi connectivity index (χ4v) is 2.32. The van der Waals surface area contributed by atoms with Crippen molar-refractivity contribution in [1.82, 2.24) is 15.8 Å². The summed E-state index contributed by atoms with van der Waals surface area (Å²) in [6.45, 7) is 7.08. The summed E-state index contributed by atoms with van der Waals surface area (Å²) in [6, 6.07) is 0. The molecular formula is C13H23N3O3. The van der Waals surface area contributed by atoms with Crippen LogP contribution in [-0.4, -0.2) is 43.0 Å². The third kappa shape index (κ3) is 3.61. The van der Waals surface area contributed by atoms with Crippen LogP contribution in [0, 0.1) is 0 Å². The number of amides is 1. The molecule has 1 fully saturated rings. The van der Waals surface area contributed by atoms with Gasteiger partial charge in [0.25, 0.3) is 0 Å². The van der Waals surface area contributed by atoms with Gasteiger partial charge >= 0.3 is 6.09 Å². The molecule has 2 aliphatic heterocycles. The first-order chi connectivity index (χ1) is 8.89. The zero-order chi connectivity index (χ0) is 14.0. The lowest BCUT2D eigenvalue weighted by atomic mass is 10.1. The van der Waals surface area contributed by atoms with E-state index < -0.39 is 11.7 Å². The molecule has 0 spiro atoms. The van der Waals surface area contributed by atoms with E-state index in [0.29, 0.717) is 6.54 Å². The van der Waals surface area contributed by atoms with Crippen molar-refractivity contribution >= 4 is 6.09 Å². The predicted molar refractivity (Wildman–Crippen MR) is 71.1 cm³/mol. The molecule has 0 radical (unpaired) electrons. The molecule has 0 aromatic heterocycles. The van der Waals surface area contributed by atoms with Gasteiger partial charge in [-0.05, 0) is 27.2 Å². The Bertz CT molecular complexity index is 387. The van der Waals surface area contributed by atoms with Gasteiger partial charge in [-0.2, -0.15) is 0 Å². The Hall–Kier alpha value is -1.27. The SMILES string of the molecule is COC1CCN2NCC(NC(=O)OC(C)(C)C)=C2C1. The molecule has 1 atom stereocenters. The highest BCUT2D eigenvalue weighted by Gasteiger charge is 2.31. The fraction of sp³-hybridized carbons (Fsp3) is 0.769. The molecule has 1 unspecified atom stereocenters. The second kappa shape index (κ2) is 5.38. The number of carbonyl (C=O) groups is 1. The van der Waals surface area contributed by atoms with Gasteiger partial charge in [-0.3, -0.25) is 5.32 Å². The summed E-state index contributed by atoms with van der Waals surface area (Å²) in [5.74, 6) is 0. The first kappa shape index (κ1) is 14.1. The maximum absolute atomic E-state index is 11.8. The van der Waals surface area contributed by atoms with Gasteiger partial charge in [-0.1, -0.05) is 0 Å². The summed E-state index contributed by atoms with van der Waals surface area (Å²) in [5.41, 5.74) is 4.76. The summed E-state index contributed by atoms with van der Waals surface area (Å²) < 4.78 is 10.7. The van der Waals surface area contributed by atoms with Gasteiger partial charge < -0.3 is 14.5 Å². The smallest absolute Gasteiger partial charge is 0.411 e. The van der Waals surface area contributed by atoms with Crippen LogP contribution in [0.3, 0.4) is 0 Å². The van der Waals surface area contributed by atoms with E-state index in [0.717, 1.165) is 30.8 Å². The summed E-state index contributed by atoms with van der Waals surface area (Å²) in [4.78, 5) is 11.8. The van der Waals surface area contributed by atoms with Gasteiger partial charge in [0.15, 0.2) is 0 Å². The zero-order valence-corrected chi connectivity index (χ0v) is 12.1. The van der Waals surface area contributed by atoms with E-state index in [4.69, 9.17) is 9.47 Å². The molecule has 2 N–H and O–H groups in total. The number of carbonyl (C=O) groups excluding carboxylic acids is 1. The van der Waals surface area contributed by atoms with Gasteiger partial charge in [0.2, 0.25) is 0 Å². The quantitative estimate of drug-likeness (QED) is 0.792. The summed E-state index contributed by atoms with van der Waals surface area (Å²) in [6.07, 6.45) is 1.63. The Kier molecular flexibility index (Phi) is 4.01. The fourth-order valence-electron chi connectivity index (χ4n) is 2.32. The van der Waals surface area contributed by atoms with E-state index in [-0.39, 0.29) is 6.10 Å². The van der Waals surface area contributed by atoms with Crippen molar-refractivity contribution in [3.8, 4) is 0 Å². The van der Waals surface area contributed by atoms with Gasteiger partial charge in [0.1, 0.15) is 5.60 Å². The summed E-state index contributed by atoms with van der Waals surface area (Å²) in [7, 11) is 1.73. The molecule has 0 aliphatic carbocycles. The second-order valence-electron chi connectivity index (χ2n) is 5.89. The van der Waals surface area contributed by atoms with Crippen molar-refractivity contribution in [1.29, 1.82) is 0 Å². The maximum atomic E-state index is 11.8. The highest BCUT2D eigenvalue weighted by molar-refractivity contribution is 5.70. The second-order valence-corrected chi connectivity index (χ2v) is 5.89. The monoisotopic (exact) mass is 269 g/mol. The maximum Gasteiger partial charge on any atom is 0.411 e. The van der Waals surface area contributed by atoms with Crippen molar-refractivity contribution < 1.29 is 14.3 Å². The number of fused-ring (bicyclic) bond motifs is 1. The van der Waals surface area contributed by atoms with Crippen LogP contribution in [-0.2, 0) is 9.47 Å². The third-order valence-corrected chi connectivity index (χ3v) is 3.20. The average molecular weight is 269 g/mol. The molecule has 1 saturated heterocycles. The van der Waals surface area contributed by atoms with E-state index >= 15 is 0 Å². The van der Waals surface area contributed by atoms with Gasteiger partial charge in [0.05, 0.1) is 24.0 Å². The Morgan fingerprint density at radius 2 is 2.21 bits per heavy atom. The molecule has 6 heteroatoms. The number of piperidine rings is 1. The lowest BCUT2D eigenvalue weighted by Crippen LogP contribution is -2.39. The third-order valence-electron chi connectivity index (χ3n) is 3.20. The lowest BCUT2D eigenvalue weighted by Gasteiger charge is -2.31. The first-order valence-electron chi connectivity index (χ1n) is 6.65. The summed E-state index contributed by atoms with van der Waals surface area (Å²) in [5, 5.41) is 4.92. The minimum Gasteiger partial charge on any atom is -0.444 e. The number of hydrogen-bond donors (Lipinski definition) is 2. The highest BCUT2D eigenvalue weighted by Crippen LogP contribution is 2.26. The van der Waals surface area contributed by atoms with Crippen LogP contribution in [0.25, 0.3) is 0 Å². The van der Waals surface area contributed by atoms with Crippen molar-refractivity contribution in [2.45, 2.75) is 45.3 Å². The molecule has 0 saturated carbocycles. The number of nitrogens with zero attached hydrogens (tertiary/aromatic N) is 1. The first-order valence-corrected chi connectivity index (χ1v) is 6.65. The van der Waals surface area contributed by atoms with E-state index in [2.05, 4.69) is 15.8 Å². The summed E-state index contributed by atoms with van der Waals surface area (Å²) >= 11 is 0. The normalized spacial score (nSPS) is 23.4. The van der Waals surface area contributed by atoms with Crippen molar-refractivity contribution in [3.05, 3.63) is 11.4 Å². The molecular weight excluding hydrogens is 246 g/mol. The number of methoxy groups -OCH3 is 1. The topological polar surface area (TPSA) is 62.8 Å². The van der Waals surface area contributed by atoms with Crippen LogP contribution in [0.4, 0.5) is 4.79 Å². The minimum atomic E-state index is -0.483. The van der Waals surface area contributed by atoms with Crippen LogP contribution >= 0.6 is 0 Å². The van der Waals surface area contributed by atoms with Gasteiger partial charge in [-0.15, -0.1) is 0 Å². The molecule has 2 rings (SSSR count). The number of hydrazine groups is 1. The van der Waals surface area contributed by atoms with Crippen LogP contribution in [0.1, 0.15) is 33.6 Å². The van der Waals surface area contributed by atoms with Crippen molar-refractivity contribution in [2.24, 2.45) is 0 Å². The Labute approximate surface area is 114 Å². The van der Waals surface area contributed by atoms with E-state index in [9.17, 15) is 4.79 Å². The molecule has 108 valence electrons. The molecule has 1 amide bonds. The highest BCUT2D eigenvalue weighted by atomic mass is 16.6. The van der Waals surface area contributed by atoms with Crippen LogP contribution in [0.2, 0.25) is 0 Å². The number of ether oxygens (including phenoxy) is 2. The Balaban J connectivity index is 2.01. The number of hydrogen-bond acceptors (Lipinski definition) is 5. The van der Waals surface area contributed by atoms with Crippen LogP contribution in [0.5, 0.6) is 0 Å². The molecule has 0 bridgehead atoms. The molecule has 0 aromatic rings. The Morgan fingerprint density at radius 3 is 2.84 bits per heavy atom. The number of rotatable bonds is 2.